The maximum Gasteiger partial charge on any atom is 0.332 e. The third-order valence-corrected chi connectivity index (χ3v) is 6.05. The van der Waals surface area contributed by atoms with Crippen LogP contribution in [0.3, 0.4) is 0 Å². The maximum atomic E-state index is 14.3. The Morgan fingerprint density at radius 2 is 1.72 bits per heavy atom. The summed E-state index contributed by atoms with van der Waals surface area (Å²) in [7, 11) is 2.70. The lowest BCUT2D eigenvalue weighted by atomic mass is 10.0. The Balaban J connectivity index is 2.01. The van der Waals surface area contributed by atoms with Crippen molar-refractivity contribution >= 4 is 22.9 Å². The third-order valence-electron chi connectivity index (χ3n) is 4.98. The number of rotatable bonds is 4. The first kappa shape index (κ1) is 21.3. The highest BCUT2D eigenvalue weighted by atomic mass is 32.1. The molecule has 0 spiro atoms. The maximum absolute atomic E-state index is 14.3. The Hall–Kier alpha value is -3.92. The molecule has 0 unspecified atom stereocenters. The van der Waals surface area contributed by atoms with Crippen LogP contribution in [0.15, 0.2) is 58.1 Å². The molecule has 32 heavy (non-hydrogen) atoms. The Morgan fingerprint density at radius 3 is 2.41 bits per heavy atom. The molecule has 7 nitrogen and oxygen atoms in total. The normalized spacial score (nSPS) is 11.0. The van der Waals surface area contributed by atoms with Gasteiger partial charge in [0.25, 0.3) is 5.56 Å². The number of hydrogen-bond acceptors (Lipinski definition) is 6. The lowest BCUT2D eigenvalue weighted by molar-refractivity contribution is 0.103. The number of nitrogen functional groups attached to an aromatic ring is 1. The van der Waals surface area contributed by atoms with Crippen molar-refractivity contribution in [1.82, 2.24) is 14.1 Å². The number of nitrogens with two attached hydrogens (primary N) is 1. The van der Waals surface area contributed by atoms with Crippen LogP contribution in [0, 0.1) is 11.6 Å². The van der Waals surface area contributed by atoms with Crippen LogP contribution >= 0.6 is 11.3 Å². The quantitative estimate of drug-likeness (QED) is 0.478. The SMILES string of the molecule is Cn1c(N)c(-c2nc(-c3ccccc3)c(C(=O)c3cc(F)ccc3F)s2)c(=O)n(C)c1=O. The molecule has 4 aromatic rings. The fourth-order valence-corrected chi connectivity index (χ4v) is 4.31. The van der Waals surface area contributed by atoms with Crippen molar-refractivity contribution < 1.29 is 13.6 Å². The lowest BCUT2D eigenvalue weighted by Gasteiger charge is -2.09. The molecule has 10 heteroatoms. The average molecular weight is 454 g/mol. The van der Waals surface area contributed by atoms with Gasteiger partial charge in [0.2, 0.25) is 5.78 Å². The van der Waals surface area contributed by atoms with Crippen molar-refractivity contribution in [3.05, 3.63) is 91.4 Å². The molecule has 0 aliphatic carbocycles. The second kappa shape index (κ2) is 7.97. The molecule has 0 bridgehead atoms. The topological polar surface area (TPSA) is 100.0 Å². The third kappa shape index (κ3) is 3.44. The fourth-order valence-electron chi connectivity index (χ4n) is 3.23. The van der Waals surface area contributed by atoms with Crippen LogP contribution in [0.5, 0.6) is 0 Å². The minimum Gasteiger partial charge on any atom is -0.384 e. The number of hydrogen-bond donors (Lipinski definition) is 1. The summed E-state index contributed by atoms with van der Waals surface area (Å²) in [4.78, 5) is 42.6. The molecule has 0 aliphatic rings. The number of nitrogens with zero attached hydrogens (tertiary/aromatic N) is 3. The molecule has 0 saturated heterocycles. The second-order valence-corrected chi connectivity index (χ2v) is 7.98. The van der Waals surface area contributed by atoms with Crippen molar-refractivity contribution in [2.75, 3.05) is 5.73 Å². The predicted octanol–water partition coefficient (Wildman–Crippen LogP) is 2.97. The molecule has 2 heterocycles. The van der Waals surface area contributed by atoms with E-state index >= 15 is 0 Å². The van der Waals surface area contributed by atoms with E-state index in [2.05, 4.69) is 4.98 Å². The molecule has 0 fully saturated rings. The highest BCUT2D eigenvalue weighted by Gasteiger charge is 2.27. The summed E-state index contributed by atoms with van der Waals surface area (Å²) in [6.45, 7) is 0. The van der Waals surface area contributed by atoms with E-state index in [-0.39, 0.29) is 27.0 Å². The van der Waals surface area contributed by atoms with Crippen LogP contribution in [-0.4, -0.2) is 19.9 Å². The van der Waals surface area contributed by atoms with Crippen LogP contribution in [0.2, 0.25) is 0 Å². The first-order valence-corrected chi connectivity index (χ1v) is 10.1. The summed E-state index contributed by atoms with van der Waals surface area (Å²) in [6.07, 6.45) is 0. The summed E-state index contributed by atoms with van der Waals surface area (Å²) < 4.78 is 30.0. The number of thiazole rings is 1. The zero-order chi connectivity index (χ0) is 23.2. The van der Waals surface area contributed by atoms with Crippen LogP contribution in [0.1, 0.15) is 15.2 Å². The Bertz CT molecular complexity index is 1490. The molecule has 0 aliphatic heterocycles. The van der Waals surface area contributed by atoms with E-state index in [0.29, 0.717) is 5.56 Å². The Kier molecular flexibility index (Phi) is 5.31. The minimum atomic E-state index is -0.886. The highest BCUT2D eigenvalue weighted by Crippen LogP contribution is 2.36. The van der Waals surface area contributed by atoms with Gasteiger partial charge in [-0.15, -0.1) is 11.3 Å². The van der Waals surface area contributed by atoms with Crippen LogP contribution in [0.4, 0.5) is 14.6 Å². The van der Waals surface area contributed by atoms with Gasteiger partial charge in [-0.05, 0) is 18.2 Å². The van der Waals surface area contributed by atoms with Crippen molar-refractivity contribution in [2.45, 2.75) is 0 Å². The van der Waals surface area contributed by atoms with Gasteiger partial charge in [-0.3, -0.25) is 18.7 Å². The first-order chi connectivity index (χ1) is 15.2. The summed E-state index contributed by atoms with van der Waals surface area (Å²) in [5, 5.41) is 0.0812. The molecule has 0 saturated carbocycles. The van der Waals surface area contributed by atoms with Crippen molar-refractivity contribution in [2.24, 2.45) is 14.1 Å². The monoisotopic (exact) mass is 454 g/mol. The number of aromatic nitrogens is 3. The standard InChI is InChI=1S/C22H16F2N4O3S/c1-27-19(25)15(21(30)28(2)22(27)31)20-26-16(11-6-4-3-5-7-11)18(32-20)17(29)13-10-12(23)8-9-14(13)24/h3-10H,25H2,1-2H3. The molecule has 0 radical (unpaired) electrons. The number of anilines is 1. The van der Waals surface area contributed by atoms with E-state index in [1.165, 1.54) is 14.1 Å². The van der Waals surface area contributed by atoms with Gasteiger partial charge in [0.05, 0.1) is 11.3 Å². The van der Waals surface area contributed by atoms with Gasteiger partial charge in [-0.1, -0.05) is 30.3 Å². The highest BCUT2D eigenvalue weighted by molar-refractivity contribution is 7.17. The molecule has 2 aromatic carbocycles. The van der Waals surface area contributed by atoms with Gasteiger partial charge in [-0.25, -0.2) is 18.6 Å². The second-order valence-electron chi connectivity index (χ2n) is 6.98. The summed E-state index contributed by atoms with van der Waals surface area (Å²) in [5.74, 6) is -2.56. The van der Waals surface area contributed by atoms with Gasteiger partial charge in [0.1, 0.15) is 32.9 Å². The Labute approximate surface area is 184 Å². The molecular weight excluding hydrogens is 438 g/mol. The van der Waals surface area contributed by atoms with Crippen molar-refractivity contribution in [3.8, 4) is 21.8 Å². The molecule has 2 aromatic heterocycles. The van der Waals surface area contributed by atoms with E-state index < -0.39 is 34.2 Å². The molecule has 162 valence electrons. The van der Waals surface area contributed by atoms with E-state index in [1.54, 1.807) is 30.3 Å². The van der Waals surface area contributed by atoms with Gasteiger partial charge < -0.3 is 5.73 Å². The smallest absolute Gasteiger partial charge is 0.332 e. The zero-order valence-electron chi connectivity index (χ0n) is 16.9. The molecule has 4 rings (SSSR count). The first-order valence-electron chi connectivity index (χ1n) is 9.32. The van der Waals surface area contributed by atoms with Crippen molar-refractivity contribution in [3.63, 3.8) is 0 Å². The minimum absolute atomic E-state index is 0.00556. The number of carbonyl (C=O) groups excluding carboxylic acids is 1. The molecule has 0 amide bonds. The van der Waals surface area contributed by atoms with E-state index in [4.69, 9.17) is 5.73 Å². The van der Waals surface area contributed by atoms with Gasteiger partial charge in [-0.2, -0.15) is 0 Å². The number of carbonyl (C=O) groups is 1. The van der Waals surface area contributed by atoms with Crippen LogP contribution in [-0.2, 0) is 14.1 Å². The predicted molar refractivity (Wildman–Crippen MR) is 118 cm³/mol. The van der Waals surface area contributed by atoms with Crippen LogP contribution in [0.25, 0.3) is 21.8 Å². The van der Waals surface area contributed by atoms with Gasteiger partial charge >= 0.3 is 5.69 Å². The average Bonchev–Trinajstić information content (AvgIpc) is 3.23. The molecule has 0 atom stereocenters. The molecular formula is C22H16F2N4O3S. The van der Waals surface area contributed by atoms with E-state index in [9.17, 15) is 23.2 Å². The summed E-state index contributed by atoms with van der Waals surface area (Å²) >= 11 is 0.818. The Morgan fingerprint density at radius 1 is 1.03 bits per heavy atom. The summed E-state index contributed by atoms with van der Waals surface area (Å²) in [6, 6.07) is 11.2. The molecule has 2 N–H and O–H groups in total. The van der Waals surface area contributed by atoms with Crippen LogP contribution < -0.4 is 17.0 Å². The fraction of sp³-hybridized carbons (Fsp3) is 0.0909. The summed E-state index contributed by atoms with van der Waals surface area (Å²) in [5.41, 5.74) is 4.94. The number of halogens is 2. The largest absolute Gasteiger partial charge is 0.384 e. The van der Waals surface area contributed by atoms with E-state index in [0.717, 1.165) is 38.7 Å². The zero-order valence-corrected chi connectivity index (χ0v) is 17.7. The number of benzene rings is 2. The number of ketones is 1. The van der Waals surface area contributed by atoms with Crippen molar-refractivity contribution in [1.29, 1.82) is 0 Å². The van der Waals surface area contributed by atoms with Gasteiger partial charge in [0, 0.05) is 19.7 Å². The van der Waals surface area contributed by atoms with E-state index in [1.807, 2.05) is 0 Å². The lowest BCUT2D eigenvalue weighted by Crippen LogP contribution is -2.39. The van der Waals surface area contributed by atoms with Gasteiger partial charge in [0.15, 0.2) is 0 Å².